The van der Waals surface area contributed by atoms with Gasteiger partial charge in [-0.2, -0.15) is 0 Å². The van der Waals surface area contributed by atoms with Gasteiger partial charge in [0.25, 0.3) is 0 Å². The van der Waals surface area contributed by atoms with Gasteiger partial charge in [-0.05, 0) is 215 Å². The Hall–Kier alpha value is -8.92. The van der Waals surface area contributed by atoms with Crippen LogP contribution in [0.4, 0.5) is 0 Å². The van der Waals surface area contributed by atoms with Gasteiger partial charge in [-0.3, -0.25) is 0 Å². The van der Waals surface area contributed by atoms with Gasteiger partial charge in [0.1, 0.15) is 0 Å². The summed E-state index contributed by atoms with van der Waals surface area (Å²) in [5.41, 5.74) is 36.2. The Bertz CT molecular complexity index is 5390. The first-order chi connectivity index (χ1) is 54.7. The van der Waals surface area contributed by atoms with Crippen molar-refractivity contribution in [1.29, 1.82) is 0 Å². The topological polar surface area (TPSA) is 38.7 Å². The first kappa shape index (κ1) is 89.3. The number of hydrogen-bond donors (Lipinski definition) is 0. The fourth-order valence-corrected chi connectivity index (χ4v) is 17.3. The molecular formula is C115H134IrN3. The first-order valence-electron chi connectivity index (χ1n) is 43.7. The molecule has 119 heavy (non-hydrogen) atoms. The summed E-state index contributed by atoms with van der Waals surface area (Å²) < 4.78 is 0. The molecule has 0 amide bonds. The SMILES string of the molecule is CC(C)(C)c1cc(-c2cc(-c3cc(C(C)(C)C)ccn3)[c-]cc2-c2ccccc2C2CC(c3ccccc3-c3c[c-]c(-c4cc(C(C)(C)C)ccn4)cc3-c3cc(C(C)(C)C)cc(C(C)(C)C)c3)CC(c3ccc(C(C)(C)C)cc3-c3c[c-]c(-c4cc(C(C)(C)C)ccn4)cc3-c3cc(C(C)(C)C)cc(C(C)(C)C)c3)C2)cc(C(C)(C)C)c1.[Ir+3]. The van der Waals surface area contributed by atoms with E-state index in [0.717, 1.165) is 53.0 Å². The molecule has 9 aromatic carbocycles. The van der Waals surface area contributed by atoms with Gasteiger partial charge in [0.2, 0.25) is 0 Å². The zero-order chi connectivity index (χ0) is 85.7. The van der Waals surface area contributed by atoms with Crippen LogP contribution in [-0.2, 0) is 74.3 Å². The van der Waals surface area contributed by atoms with Crippen molar-refractivity contribution in [3.05, 3.63) is 303 Å². The van der Waals surface area contributed by atoms with E-state index in [9.17, 15) is 0 Å². The Kier molecular flexibility index (Phi) is 24.6. The van der Waals surface area contributed by atoms with Crippen molar-refractivity contribution in [2.24, 2.45) is 0 Å². The molecular weight excluding hydrogens is 1620 g/mol. The summed E-state index contributed by atoms with van der Waals surface area (Å²) in [7, 11) is 0. The molecule has 0 aliphatic heterocycles. The van der Waals surface area contributed by atoms with Gasteiger partial charge >= 0.3 is 20.1 Å². The maximum Gasteiger partial charge on any atom is 3.00 e. The number of hydrogen-bond acceptors (Lipinski definition) is 3. The Morgan fingerprint density at radius 3 is 0.714 bits per heavy atom. The van der Waals surface area contributed by atoms with Crippen molar-refractivity contribution in [3.8, 4) is 101 Å². The van der Waals surface area contributed by atoms with Crippen LogP contribution in [0.3, 0.4) is 0 Å². The third-order valence-electron chi connectivity index (χ3n) is 25.2. The largest absolute Gasteiger partial charge is 3.00 e. The van der Waals surface area contributed by atoms with E-state index < -0.39 is 0 Å². The molecule has 0 saturated heterocycles. The van der Waals surface area contributed by atoms with E-state index in [4.69, 9.17) is 15.0 Å². The van der Waals surface area contributed by atoms with Crippen LogP contribution in [0.5, 0.6) is 0 Å². The molecule has 3 aromatic heterocycles. The van der Waals surface area contributed by atoms with Crippen LogP contribution in [0.2, 0.25) is 0 Å². The van der Waals surface area contributed by atoms with Gasteiger partial charge < -0.3 is 15.0 Å². The van der Waals surface area contributed by atoms with Gasteiger partial charge in [0, 0.05) is 18.6 Å². The normalized spacial score (nSPS) is 15.6. The molecule has 0 N–H and O–H groups in total. The number of pyridine rings is 3. The number of benzene rings is 9. The molecule has 2 atom stereocenters. The zero-order valence-electron chi connectivity index (χ0n) is 77.7. The second-order valence-corrected chi connectivity index (χ2v) is 45.0. The van der Waals surface area contributed by atoms with Crippen LogP contribution in [-0.4, -0.2) is 15.0 Å². The summed E-state index contributed by atoms with van der Waals surface area (Å²) >= 11 is 0. The van der Waals surface area contributed by atoms with E-state index in [1.165, 1.54) is 139 Å². The molecule has 0 spiro atoms. The second-order valence-electron chi connectivity index (χ2n) is 45.0. The predicted octanol–water partition coefficient (Wildman–Crippen LogP) is 32.1. The van der Waals surface area contributed by atoms with Gasteiger partial charge in [-0.15, -0.1) is 71.3 Å². The van der Waals surface area contributed by atoms with E-state index in [-0.39, 0.29) is 92.0 Å². The van der Waals surface area contributed by atoms with Crippen molar-refractivity contribution in [2.45, 2.75) is 299 Å². The van der Waals surface area contributed by atoms with Crippen LogP contribution in [0.1, 0.15) is 317 Å². The Labute approximate surface area is 732 Å². The summed E-state index contributed by atoms with van der Waals surface area (Å²) in [6.45, 7) is 70.2. The fraction of sp³-hybridized carbons (Fsp3) is 0.400. The molecule has 1 aliphatic rings. The van der Waals surface area contributed by atoms with Crippen molar-refractivity contribution in [1.82, 2.24) is 15.0 Å². The molecule has 4 heteroatoms. The van der Waals surface area contributed by atoms with Crippen molar-refractivity contribution < 1.29 is 20.1 Å². The Morgan fingerprint density at radius 2 is 0.454 bits per heavy atom. The predicted molar refractivity (Wildman–Crippen MR) is 507 cm³/mol. The molecule has 1 saturated carbocycles. The van der Waals surface area contributed by atoms with Crippen molar-refractivity contribution in [3.63, 3.8) is 0 Å². The van der Waals surface area contributed by atoms with Gasteiger partial charge in [-0.1, -0.05) is 397 Å². The molecule has 1 fully saturated rings. The van der Waals surface area contributed by atoms with E-state index in [2.05, 4.69) is 420 Å². The maximum atomic E-state index is 5.16. The average molecular weight is 1750 g/mol. The third kappa shape index (κ3) is 19.8. The van der Waals surface area contributed by atoms with Crippen molar-refractivity contribution >= 4 is 0 Å². The molecule has 2 unspecified atom stereocenters. The van der Waals surface area contributed by atoms with Crippen LogP contribution < -0.4 is 0 Å². The smallest absolute Gasteiger partial charge is 0.305 e. The molecule has 618 valence electrons. The Morgan fingerprint density at radius 1 is 0.218 bits per heavy atom. The van der Waals surface area contributed by atoms with Gasteiger partial charge in [0.05, 0.1) is 0 Å². The van der Waals surface area contributed by atoms with Crippen molar-refractivity contribution in [2.75, 3.05) is 0 Å². The summed E-state index contributed by atoms with van der Waals surface area (Å²) in [5.74, 6) is 0.260. The molecule has 1 aliphatic carbocycles. The molecule has 3 heterocycles. The minimum absolute atomic E-state index is 0. The minimum atomic E-state index is -0.166. The summed E-state index contributed by atoms with van der Waals surface area (Å²) in [5, 5.41) is 0. The first-order valence-corrected chi connectivity index (χ1v) is 43.7. The van der Waals surface area contributed by atoms with Crippen LogP contribution in [0.15, 0.2) is 213 Å². The molecule has 0 bridgehead atoms. The number of rotatable bonds is 12. The van der Waals surface area contributed by atoms with E-state index in [0.29, 0.717) is 0 Å². The monoisotopic (exact) mass is 1750 g/mol. The maximum absolute atomic E-state index is 5.16. The minimum Gasteiger partial charge on any atom is -0.305 e. The molecule has 0 radical (unpaired) electrons. The number of aromatic nitrogens is 3. The molecule has 12 aromatic rings. The summed E-state index contributed by atoms with van der Waals surface area (Å²) in [4.78, 5) is 15.4. The summed E-state index contributed by atoms with van der Waals surface area (Å²) in [6.07, 6.45) is 8.72. The molecule has 13 rings (SSSR count). The molecule has 3 nitrogen and oxygen atoms in total. The van der Waals surface area contributed by atoms with E-state index in [1.807, 2.05) is 18.6 Å². The van der Waals surface area contributed by atoms with E-state index in [1.54, 1.807) is 0 Å². The van der Waals surface area contributed by atoms with Gasteiger partial charge in [-0.25, -0.2) is 0 Å². The van der Waals surface area contributed by atoms with Crippen LogP contribution in [0.25, 0.3) is 101 Å². The average Bonchev–Trinajstić information content (AvgIpc) is 0.753. The van der Waals surface area contributed by atoms with E-state index >= 15 is 0 Å². The fourth-order valence-electron chi connectivity index (χ4n) is 17.3. The Balaban J connectivity index is 0.0000130. The van der Waals surface area contributed by atoms with Crippen LogP contribution >= 0.6 is 0 Å². The zero-order valence-corrected chi connectivity index (χ0v) is 80.1. The quantitative estimate of drug-likeness (QED) is 0.114. The third-order valence-corrected chi connectivity index (χ3v) is 25.2. The number of nitrogens with zero attached hydrogens (tertiary/aromatic N) is 3. The second kappa shape index (κ2) is 32.8. The van der Waals surface area contributed by atoms with Crippen LogP contribution in [0, 0.1) is 18.2 Å². The summed E-state index contributed by atoms with van der Waals surface area (Å²) in [6, 6.07) is 88.4. The van der Waals surface area contributed by atoms with Gasteiger partial charge in [0.15, 0.2) is 0 Å². The standard InChI is InChI=1S/C115H134N3.Ir/c1-106(2,3)81-42-46-93(102(68-81)98-45-41-74(105-71-84(49-52-118-105)109(10,11)12)64-101(98)80-60-89(114(25,26)27)67-90(61-80)115(28,29)30)77-54-75(91-35-31-33-37-94(91)96-43-39-72(103-69-82(47-50-116-103)107(4,5)6)62-99(96)78-56-85(110(13,14)15)65-86(57-78)111(16,17)18)53-76(55-77)92-36-32-34-38-95(92)97-44-40-73(104-70-83(48-51-117-104)108(7,8)9)63-100(97)79-58-87(112(19,20)21)66-88(59-79)113(22,23)24;/h31-38,42-52,56-71,75-77H,53-55H2,1-30H3;/q-3;+3.